The predicted octanol–water partition coefficient (Wildman–Crippen LogP) is 2.45. The second-order valence-corrected chi connectivity index (χ2v) is 4.35. The van der Waals surface area contributed by atoms with E-state index in [0.29, 0.717) is 5.56 Å². The highest BCUT2D eigenvalue weighted by atomic mass is 19.1. The summed E-state index contributed by atoms with van der Waals surface area (Å²) in [4.78, 5) is 14.0. The Hall–Kier alpha value is -2.64. The number of anilines is 1. The molecule has 0 aliphatic rings. The number of rotatable bonds is 2. The average molecular weight is 283 g/mol. The number of hydrogen-bond donors (Lipinski definition) is 1. The monoisotopic (exact) mass is 283 g/mol. The summed E-state index contributed by atoms with van der Waals surface area (Å²) < 4.78 is 13.3. The lowest BCUT2D eigenvalue weighted by Gasteiger charge is -2.18. The van der Waals surface area contributed by atoms with Gasteiger partial charge in [0.15, 0.2) is 0 Å². The molecule has 0 radical (unpaired) electrons. The Morgan fingerprint density at radius 3 is 2.62 bits per heavy atom. The molecule has 0 saturated carbocycles. The van der Waals surface area contributed by atoms with Crippen molar-refractivity contribution in [2.24, 2.45) is 0 Å². The largest absolute Gasteiger partial charge is 0.384 e. The fourth-order valence-corrected chi connectivity index (χ4v) is 1.89. The molecule has 1 amide bonds. The second kappa shape index (κ2) is 6.69. The van der Waals surface area contributed by atoms with Crippen molar-refractivity contribution in [1.82, 2.24) is 0 Å². The molecule has 2 aromatic carbocycles. The first-order chi connectivity index (χ1) is 10.1. The molecule has 21 heavy (non-hydrogen) atoms. The molecule has 0 spiro atoms. The minimum atomic E-state index is -0.476. The lowest BCUT2D eigenvalue weighted by atomic mass is 10.1. The number of aliphatic hydroxyl groups is 1. The van der Waals surface area contributed by atoms with E-state index >= 15 is 0 Å². The lowest BCUT2D eigenvalue weighted by Crippen LogP contribution is -2.27. The van der Waals surface area contributed by atoms with Crippen LogP contribution in [-0.4, -0.2) is 24.7 Å². The Balaban J connectivity index is 2.39. The molecule has 4 heteroatoms. The highest BCUT2D eigenvalue weighted by Crippen LogP contribution is 2.18. The molecule has 106 valence electrons. The number of aliphatic hydroxyl groups excluding tert-OH is 1. The van der Waals surface area contributed by atoms with Crippen LogP contribution in [0.5, 0.6) is 0 Å². The van der Waals surface area contributed by atoms with Crippen LogP contribution >= 0.6 is 0 Å². The summed E-state index contributed by atoms with van der Waals surface area (Å²) >= 11 is 0. The van der Waals surface area contributed by atoms with Crippen LogP contribution in [0.1, 0.15) is 15.9 Å². The van der Waals surface area contributed by atoms with Crippen molar-refractivity contribution in [2.75, 3.05) is 18.6 Å². The van der Waals surface area contributed by atoms with Crippen LogP contribution < -0.4 is 4.90 Å². The maximum atomic E-state index is 13.3. The van der Waals surface area contributed by atoms with Gasteiger partial charge in [-0.2, -0.15) is 0 Å². The van der Waals surface area contributed by atoms with E-state index in [4.69, 9.17) is 5.11 Å². The SMILES string of the molecule is CN(C(=O)c1ccc(F)cc1C#CCO)c1ccccc1. The normalized spacial score (nSPS) is 9.67. The predicted molar refractivity (Wildman–Crippen MR) is 79.5 cm³/mol. The number of amides is 1. The fraction of sp³-hybridized carbons (Fsp3) is 0.118. The second-order valence-electron chi connectivity index (χ2n) is 4.35. The third kappa shape index (κ3) is 3.47. The molecule has 1 N–H and O–H groups in total. The molecule has 0 bridgehead atoms. The molecule has 0 aliphatic carbocycles. The highest BCUT2D eigenvalue weighted by molar-refractivity contribution is 6.07. The van der Waals surface area contributed by atoms with Gasteiger partial charge in [0.05, 0.1) is 5.56 Å². The van der Waals surface area contributed by atoms with Crippen molar-refractivity contribution in [3.05, 3.63) is 65.5 Å². The van der Waals surface area contributed by atoms with Crippen LogP contribution in [0.3, 0.4) is 0 Å². The van der Waals surface area contributed by atoms with E-state index in [2.05, 4.69) is 11.8 Å². The average Bonchev–Trinajstić information content (AvgIpc) is 2.52. The van der Waals surface area contributed by atoms with Gasteiger partial charge in [-0.15, -0.1) is 0 Å². The zero-order valence-corrected chi connectivity index (χ0v) is 11.5. The molecule has 0 aromatic heterocycles. The van der Waals surface area contributed by atoms with E-state index in [1.807, 2.05) is 18.2 Å². The molecule has 0 aliphatic heterocycles. The van der Waals surface area contributed by atoms with Gasteiger partial charge in [-0.3, -0.25) is 4.79 Å². The van der Waals surface area contributed by atoms with Crippen LogP contribution in [0, 0.1) is 17.7 Å². The van der Waals surface area contributed by atoms with Crippen molar-refractivity contribution >= 4 is 11.6 Å². The van der Waals surface area contributed by atoms with Gasteiger partial charge in [-0.05, 0) is 30.3 Å². The van der Waals surface area contributed by atoms with Crippen LogP contribution in [0.2, 0.25) is 0 Å². The summed E-state index contributed by atoms with van der Waals surface area (Å²) in [6.07, 6.45) is 0. The number of halogens is 1. The summed E-state index contributed by atoms with van der Waals surface area (Å²) in [5.41, 5.74) is 1.29. The fourth-order valence-electron chi connectivity index (χ4n) is 1.89. The number of hydrogen-bond acceptors (Lipinski definition) is 2. The molecule has 2 aromatic rings. The zero-order valence-electron chi connectivity index (χ0n) is 11.5. The third-order valence-electron chi connectivity index (χ3n) is 2.96. The standard InChI is InChI=1S/C17H14FNO2/c1-19(15-7-3-2-4-8-15)17(21)16-10-9-14(18)12-13(16)6-5-11-20/h2-4,7-10,12,20H,11H2,1H3. The molecule has 0 unspecified atom stereocenters. The van der Waals surface area contributed by atoms with E-state index in [9.17, 15) is 9.18 Å². The highest BCUT2D eigenvalue weighted by Gasteiger charge is 2.16. The Labute approximate surface area is 122 Å². The number of nitrogens with zero attached hydrogens (tertiary/aromatic N) is 1. The lowest BCUT2D eigenvalue weighted by molar-refractivity contribution is 0.0992. The number of para-hydroxylation sites is 1. The summed E-state index contributed by atoms with van der Waals surface area (Å²) in [7, 11) is 1.64. The van der Waals surface area contributed by atoms with E-state index in [0.717, 1.165) is 5.69 Å². The molecule has 3 nitrogen and oxygen atoms in total. The first-order valence-corrected chi connectivity index (χ1v) is 6.36. The van der Waals surface area contributed by atoms with Gasteiger partial charge in [0.25, 0.3) is 5.91 Å². The number of benzene rings is 2. The first kappa shape index (κ1) is 14.8. The maximum Gasteiger partial charge on any atom is 0.259 e. The number of carbonyl (C=O) groups is 1. The van der Waals surface area contributed by atoms with Crippen molar-refractivity contribution in [1.29, 1.82) is 0 Å². The molecular weight excluding hydrogens is 269 g/mol. The van der Waals surface area contributed by atoms with Gasteiger partial charge in [-0.25, -0.2) is 4.39 Å². The van der Waals surface area contributed by atoms with Crippen molar-refractivity contribution < 1.29 is 14.3 Å². The molecule has 0 saturated heterocycles. The van der Waals surface area contributed by atoms with E-state index in [1.54, 1.807) is 19.2 Å². The quantitative estimate of drug-likeness (QED) is 0.860. The maximum absolute atomic E-state index is 13.3. The summed E-state index contributed by atoms with van der Waals surface area (Å²) in [5, 5.41) is 8.75. The summed E-state index contributed by atoms with van der Waals surface area (Å²) in [5.74, 6) is 4.27. The van der Waals surface area contributed by atoms with Crippen LogP contribution in [0.15, 0.2) is 48.5 Å². The van der Waals surface area contributed by atoms with Crippen LogP contribution in [0.4, 0.5) is 10.1 Å². The van der Waals surface area contributed by atoms with E-state index in [-0.39, 0.29) is 18.1 Å². The van der Waals surface area contributed by atoms with E-state index in [1.165, 1.54) is 23.1 Å². The Bertz CT molecular complexity index is 702. The van der Waals surface area contributed by atoms with Crippen molar-refractivity contribution in [2.45, 2.75) is 0 Å². The molecule has 0 heterocycles. The molecule has 0 fully saturated rings. The Morgan fingerprint density at radius 2 is 1.95 bits per heavy atom. The topological polar surface area (TPSA) is 40.5 Å². The number of carbonyl (C=O) groups excluding carboxylic acids is 1. The van der Waals surface area contributed by atoms with Gasteiger partial charge in [0, 0.05) is 18.3 Å². The van der Waals surface area contributed by atoms with Gasteiger partial charge < -0.3 is 10.0 Å². The van der Waals surface area contributed by atoms with Crippen LogP contribution in [0.25, 0.3) is 0 Å². The van der Waals surface area contributed by atoms with Crippen molar-refractivity contribution in [3.63, 3.8) is 0 Å². The van der Waals surface area contributed by atoms with Crippen molar-refractivity contribution in [3.8, 4) is 11.8 Å². The van der Waals surface area contributed by atoms with Gasteiger partial charge in [-0.1, -0.05) is 30.0 Å². The first-order valence-electron chi connectivity index (χ1n) is 6.36. The zero-order chi connectivity index (χ0) is 15.2. The van der Waals surface area contributed by atoms with Gasteiger partial charge in [0.2, 0.25) is 0 Å². The Morgan fingerprint density at radius 1 is 1.24 bits per heavy atom. The summed E-state index contributed by atoms with van der Waals surface area (Å²) in [6, 6.07) is 12.9. The van der Waals surface area contributed by atoms with E-state index < -0.39 is 5.82 Å². The minimum Gasteiger partial charge on any atom is -0.384 e. The Kier molecular flexibility index (Phi) is 4.70. The molecule has 0 atom stereocenters. The summed E-state index contributed by atoms with van der Waals surface area (Å²) in [6.45, 7) is -0.349. The smallest absolute Gasteiger partial charge is 0.259 e. The third-order valence-corrected chi connectivity index (χ3v) is 2.96. The molecular formula is C17H14FNO2. The van der Waals surface area contributed by atoms with Gasteiger partial charge in [0.1, 0.15) is 12.4 Å². The minimum absolute atomic E-state index is 0.261. The van der Waals surface area contributed by atoms with Gasteiger partial charge >= 0.3 is 0 Å². The molecule has 2 rings (SSSR count). The van der Waals surface area contributed by atoms with Crippen LogP contribution in [-0.2, 0) is 0 Å².